The highest BCUT2D eigenvalue weighted by Gasteiger charge is 2.32. The van der Waals surface area contributed by atoms with Crippen molar-refractivity contribution in [2.75, 3.05) is 45.8 Å². The molecule has 2 aliphatic heterocycles. The van der Waals surface area contributed by atoms with Crippen molar-refractivity contribution in [1.29, 1.82) is 0 Å². The highest BCUT2D eigenvalue weighted by Crippen LogP contribution is 2.23. The van der Waals surface area contributed by atoms with Crippen LogP contribution in [0.15, 0.2) is 0 Å². The highest BCUT2D eigenvalue weighted by molar-refractivity contribution is 7.86. The second kappa shape index (κ2) is 7.40. The summed E-state index contributed by atoms with van der Waals surface area (Å²) in [6, 6.07) is 0. The maximum atomic E-state index is 12.6. The van der Waals surface area contributed by atoms with Gasteiger partial charge in [0.2, 0.25) is 0 Å². The Kier molecular flexibility index (Phi) is 6.10. The number of hydrogen-bond donors (Lipinski definition) is 0. The van der Waals surface area contributed by atoms with Gasteiger partial charge in [-0.15, -0.1) is 11.6 Å². The lowest BCUT2D eigenvalue weighted by molar-refractivity contribution is 0.0489. The normalized spacial score (nSPS) is 29.8. The van der Waals surface area contributed by atoms with Crippen LogP contribution >= 0.6 is 11.6 Å². The summed E-state index contributed by atoms with van der Waals surface area (Å²) < 4.78 is 33.7. The summed E-state index contributed by atoms with van der Waals surface area (Å²) in [4.78, 5) is 0. The van der Waals surface area contributed by atoms with E-state index in [1.54, 1.807) is 11.4 Å². The molecule has 2 fully saturated rings. The summed E-state index contributed by atoms with van der Waals surface area (Å²) in [5.41, 5.74) is 0. The van der Waals surface area contributed by atoms with Crippen LogP contribution in [0.4, 0.5) is 0 Å². The van der Waals surface area contributed by atoms with E-state index in [0.717, 1.165) is 32.3 Å². The van der Waals surface area contributed by atoms with Gasteiger partial charge in [-0.05, 0) is 37.5 Å². The zero-order valence-electron chi connectivity index (χ0n) is 12.1. The SMILES string of the molecule is CN(CC1CCCOC1)S(=O)(=O)N1CCCC(CCl)C1. The Bertz CT molecular complexity index is 398. The summed E-state index contributed by atoms with van der Waals surface area (Å²) in [6.45, 7) is 3.18. The quantitative estimate of drug-likeness (QED) is 0.721. The molecule has 2 rings (SSSR count). The maximum absolute atomic E-state index is 12.6. The fraction of sp³-hybridized carbons (Fsp3) is 1.00. The van der Waals surface area contributed by atoms with Gasteiger partial charge in [0.05, 0.1) is 6.61 Å². The Morgan fingerprint density at radius 2 is 2.05 bits per heavy atom. The first-order valence-corrected chi connectivity index (χ1v) is 9.32. The van der Waals surface area contributed by atoms with E-state index in [4.69, 9.17) is 16.3 Å². The van der Waals surface area contributed by atoms with Gasteiger partial charge in [-0.25, -0.2) is 0 Å². The van der Waals surface area contributed by atoms with Crippen LogP contribution < -0.4 is 0 Å². The van der Waals surface area contributed by atoms with Gasteiger partial charge in [0, 0.05) is 39.2 Å². The summed E-state index contributed by atoms with van der Waals surface area (Å²) in [5.74, 6) is 1.13. The molecule has 20 heavy (non-hydrogen) atoms. The smallest absolute Gasteiger partial charge is 0.281 e. The Labute approximate surface area is 127 Å². The van der Waals surface area contributed by atoms with Gasteiger partial charge >= 0.3 is 0 Å². The van der Waals surface area contributed by atoms with Crippen LogP contribution in [-0.4, -0.2) is 62.8 Å². The van der Waals surface area contributed by atoms with E-state index in [9.17, 15) is 8.42 Å². The van der Waals surface area contributed by atoms with Crippen molar-refractivity contribution in [3.63, 3.8) is 0 Å². The molecular formula is C13H25ClN2O3S. The predicted molar refractivity (Wildman–Crippen MR) is 80.1 cm³/mol. The average Bonchev–Trinajstić information content (AvgIpc) is 2.48. The lowest BCUT2D eigenvalue weighted by atomic mass is 10.0. The van der Waals surface area contributed by atoms with E-state index < -0.39 is 10.2 Å². The van der Waals surface area contributed by atoms with Gasteiger partial charge in [-0.3, -0.25) is 0 Å². The molecule has 0 aliphatic carbocycles. The van der Waals surface area contributed by atoms with Crippen LogP contribution in [0.25, 0.3) is 0 Å². The molecular weight excluding hydrogens is 300 g/mol. The summed E-state index contributed by atoms with van der Waals surface area (Å²) in [6.07, 6.45) is 3.99. The standard InChI is InChI=1S/C13H25ClN2O3S/c1-15(9-13-5-3-7-19-11-13)20(17,18)16-6-2-4-12(8-14)10-16/h12-13H,2-11H2,1H3. The minimum atomic E-state index is -3.35. The molecule has 2 unspecified atom stereocenters. The minimum absolute atomic E-state index is 0.284. The number of alkyl halides is 1. The summed E-state index contributed by atoms with van der Waals surface area (Å²) in [5, 5.41) is 0. The van der Waals surface area contributed by atoms with Crippen molar-refractivity contribution in [1.82, 2.24) is 8.61 Å². The van der Waals surface area contributed by atoms with Crippen molar-refractivity contribution < 1.29 is 13.2 Å². The van der Waals surface area contributed by atoms with Crippen LogP contribution in [-0.2, 0) is 14.9 Å². The lowest BCUT2D eigenvalue weighted by Gasteiger charge is -2.35. The molecule has 0 N–H and O–H groups in total. The third-order valence-electron chi connectivity index (χ3n) is 4.19. The lowest BCUT2D eigenvalue weighted by Crippen LogP contribution is -2.48. The van der Waals surface area contributed by atoms with E-state index in [2.05, 4.69) is 0 Å². The van der Waals surface area contributed by atoms with Crippen molar-refractivity contribution in [2.24, 2.45) is 11.8 Å². The number of hydrogen-bond acceptors (Lipinski definition) is 3. The largest absolute Gasteiger partial charge is 0.381 e. The first kappa shape index (κ1) is 16.5. The third kappa shape index (κ3) is 4.07. The van der Waals surface area contributed by atoms with E-state index in [1.165, 1.54) is 4.31 Å². The summed E-state index contributed by atoms with van der Waals surface area (Å²) >= 11 is 5.88. The Balaban J connectivity index is 1.93. The molecule has 118 valence electrons. The maximum Gasteiger partial charge on any atom is 0.281 e. The topological polar surface area (TPSA) is 49.9 Å². The van der Waals surface area contributed by atoms with E-state index in [-0.39, 0.29) is 5.92 Å². The first-order chi connectivity index (χ1) is 9.54. The van der Waals surface area contributed by atoms with Gasteiger partial charge < -0.3 is 4.74 Å². The molecule has 0 spiro atoms. The van der Waals surface area contributed by atoms with Crippen LogP contribution in [0, 0.1) is 11.8 Å². The summed E-state index contributed by atoms with van der Waals surface area (Å²) in [7, 11) is -1.68. The molecule has 0 bridgehead atoms. The Morgan fingerprint density at radius 3 is 2.70 bits per heavy atom. The zero-order chi connectivity index (χ0) is 14.6. The number of piperidine rings is 1. The van der Waals surface area contributed by atoms with Crippen LogP contribution in [0.2, 0.25) is 0 Å². The molecule has 7 heteroatoms. The molecule has 0 aromatic heterocycles. The van der Waals surface area contributed by atoms with Gasteiger partial charge in [0.15, 0.2) is 0 Å². The minimum Gasteiger partial charge on any atom is -0.381 e. The Hall–Kier alpha value is 0.120. The zero-order valence-corrected chi connectivity index (χ0v) is 13.7. The number of ether oxygens (including phenoxy) is 1. The monoisotopic (exact) mass is 324 g/mol. The van der Waals surface area contributed by atoms with Crippen LogP contribution in [0.3, 0.4) is 0 Å². The molecule has 0 saturated carbocycles. The first-order valence-electron chi connectivity index (χ1n) is 7.39. The van der Waals surface area contributed by atoms with Gasteiger partial charge in [-0.1, -0.05) is 0 Å². The molecule has 2 saturated heterocycles. The molecule has 0 amide bonds. The molecule has 0 aromatic carbocycles. The second-order valence-corrected chi connectivity index (χ2v) is 8.24. The van der Waals surface area contributed by atoms with Crippen molar-refractivity contribution in [2.45, 2.75) is 25.7 Å². The number of halogens is 1. The molecule has 2 heterocycles. The molecule has 2 atom stereocenters. The molecule has 2 aliphatic rings. The van der Waals surface area contributed by atoms with E-state index >= 15 is 0 Å². The molecule has 5 nitrogen and oxygen atoms in total. The van der Waals surface area contributed by atoms with Crippen LogP contribution in [0.1, 0.15) is 25.7 Å². The fourth-order valence-corrected chi connectivity index (χ4v) is 4.77. The average molecular weight is 325 g/mol. The molecule has 0 aromatic rings. The number of nitrogens with zero attached hydrogens (tertiary/aromatic N) is 2. The van der Waals surface area contributed by atoms with Crippen molar-refractivity contribution in [3.8, 4) is 0 Å². The number of rotatable bonds is 5. The Morgan fingerprint density at radius 1 is 1.30 bits per heavy atom. The van der Waals surface area contributed by atoms with Crippen LogP contribution in [0.5, 0.6) is 0 Å². The predicted octanol–water partition coefficient (Wildman–Crippen LogP) is 1.54. The highest BCUT2D eigenvalue weighted by atomic mass is 35.5. The van der Waals surface area contributed by atoms with Gasteiger partial charge in [0.25, 0.3) is 10.2 Å². The fourth-order valence-electron chi connectivity index (χ4n) is 2.97. The third-order valence-corrected chi connectivity index (χ3v) is 6.55. The van der Waals surface area contributed by atoms with Gasteiger partial charge in [0.1, 0.15) is 0 Å². The molecule has 0 radical (unpaired) electrons. The van der Waals surface area contributed by atoms with Crippen molar-refractivity contribution >= 4 is 21.8 Å². The van der Waals surface area contributed by atoms with E-state index in [1.807, 2.05) is 0 Å². The second-order valence-electron chi connectivity index (χ2n) is 5.89. The van der Waals surface area contributed by atoms with Crippen molar-refractivity contribution in [3.05, 3.63) is 0 Å². The van der Waals surface area contributed by atoms with Gasteiger partial charge in [-0.2, -0.15) is 17.0 Å². The van der Waals surface area contributed by atoms with E-state index in [0.29, 0.717) is 38.0 Å².